The minimum absolute atomic E-state index is 0.0743. The Morgan fingerprint density at radius 2 is 0.618 bits per heavy atom. The molecule has 55 heavy (non-hydrogen) atoms. The fraction of sp³-hybridized carbons (Fsp3) is 0. The van der Waals surface area contributed by atoms with Crippen LogP contribution in [0, 0.1) is 0 Å². The van der Waals surface area contributed by atoms with Crippen molar-refractivity contribution in [2.24, 2.45) is 0 Å². The van der Waals surface area contributed by atoms with Crippen LogP contribution in [-0.2, 0) is 0 Å². The molecule has 9 heteroatoms. The molecule has 0 bridgehead atoms. The topological polar surface area (TPSA) is 165 Å². The van der Waals surface area contributed by atoms with Gasteiger partial charge >= 0.3 is 0 Å². The summed E-state index contributed by atoms with van der Waals surface area (Å²) in [6.45, 7) is 0. The van der Waals surface area contributed by atoms with Crippen LogP contribution in [0.3, 0.4) is 0 Å². The maximum absolute atomic E-state index is 11.6. The number of phenols is 8. The van der Waals surface area contributed by atoms with Crippen molar-refractivity contribution in [2.45, 2.75) is 0 Å². The second-order valence-corrected chi connectivity index (χ2v) is 13.0. The Bertz CT molecular complexity index is 2550. The summed E-state index contributed by atoms with van der Waals surface area (Å²) in [6, 6.07) is 45.0. The van der Waals surface area contributed by atoms with E-state index < -0.39 is 57.4 Å². The van der Waals surface area contributed by atoms with Crippen molar-refractivity contribution in [3.05, 3.63) is 152 Å². The summed E-state index contributed by atoms with van der Waals surface area (Å²) in [5, 5.41) is 93.7. The molecule has 0 saturated carbocycles. The van der Waals surface area contributed by atoms with Crippen molar-refractivity contribution in [1.82, 2.24) is 0 Å². The van der Waals surface area contributed by atoms with Gasteiger partial charge in [0, 0.05) is 5.69 Å². The molecule has 0 aromatic heterocycles. The van der Waals surface area contributed by atoms with Gasteiger partial charge < -0.3 is 40.9 Å². The molecule has 0 amide bonds. The highest BCUT2D eigenvalue weighted by Crippen LogP contribution is 2.63. The molecule has 0 atom stereocenters. The second kappa shape index (κ2) is 13.6. The molecule has 0 saturated heterocycles. The van der Waals surface area contributed by atoms with Crippen LogP contribution < -0.4 is 4.90 Å². The first-order chi connectivity index (χ1) is 26.6. The van der Waals surface area contributed by atoms with Gasteiger partial charge in [-0.05, 0) is 62.4 Å². The molecule has 0 unspecified atom stereocenters. The van der Waals surface area contributed by atoms with Gasteiger partial charge in [-0.25, -0.2) is 0 Å². The van der Waals surface area contributed by atoms with E-state index in [0.29, 0.717) is 0 Å². The minimum Gasteiger partial charge on any atom is -0.504 e. The van der Waals surface area contributed by atoms with Gasteiger partial charge in [-0.15, -0.1) is 0 Å². The largest absolute Gasteiger partial charge is 0.504 e. The smallest absolute Gasteiger partial charge is 0.186 e. The first-order valence-electron chi connectivity index (χ1n) is 17.2. The van der Waals surface area contributed by atoms with Crippen molar-refractivity contribution in [3.63, 3.8) is 0 Å². The van der Waals surface area contributed by atoms with E-state index in [4.69, 9.17) is 0 Å². The fourth-order valence-electron chi connectivity index (χ4n) is 6.95. The lowest BCUT2D eigenvalue weighted by molar-refractivity contribution is 0.372. The average Bonchev–Trinajstić information content (AvgIpc) is 3.22. The van der Waals surface area contributed by atoms with E-state index in [9.17, 15) is 40.9 Å². The van der Waals surface area contributed by atoms with Gasteiger partial charge in [0.25, 0.3) is 0 Å². The van der Waals surface area contributed by atoms with Crippen molar-refractivity contribution in [1.29, 1.82) is 0 Å². The number of aromatic hydroxyl groups is 8. The molecule has 8 N–H and O–H groups in total. The highest BCUT2D eigenvalue weighted by molar-refractivity contribution is 6.00. The van der Waals surface area contributed by atoms with Crippen LogP contribution in [0.1, 0.15) is 0 Å². The first kappa shape index (κ1) is 34.3. The molecular formula is C46H33NO8. The molecule has 0 aliphatic heterocycles. The van der Waals surface area contributed by atoms with Gasteiger partial charge in [0.05, 0.1) is 11.1 Å². The number of anilines is 3. The van der Waals surface area contributed by atoms with Gasteiger partial charge in [-0.2, -0.15) is 0 Å². The Kier molecular flexibility index (Phi) is 8.51. The Hall–Kier alpha value is -7.78. The van der Waals surface area contributed by atoms with Crippen molar-refractivity contribution >= 4 is 27.8 Å². The maximum atomic E-state index is 11.6. The lowest BCUT2D eigenvalue weighted by Gasteiger charge is -2.30. The number of benzene rings is 8. The third kappa shape index (κ3) is 5.86. The lowest BCUT2D eigenvalue weighted by Crippen LogP contribution is -2.12. The van der Waals surface area contributed by atoms with Crippen molar-refractivity contribution in [2.75, 3.05) is 4.90 Å². The van der Waals surface area contributed by atoms with Crippen LogP contribution in [0.2, 0.25) is 0 Å². The highest BCUT2D eigenvalue weighted by Gasteiger charge is 2.35. The molecule has 0 radical (unpaired) electrons. The lowest BCUT2D eigenvalue weighted by atomic mass is 9.97. The molecule has 270 valence electrons. The number of rotatable bonds is 7. The number of hydrogen-bond acceptors (Lipinski definition) is 9. The standard InChI is InChI=1S/C46H33NO8/c48-39-35(30-10-3-1-4-11-30)40(49)44(53)37(43(39)52)47(38-45(54)41(50)36(42(51)46(38)55)31-12-5-2-6-13-31)34-23-21-28(22-24-34)27-15-17-29(18-16-27)33-20-19-26-9-7-8-14-32(26)25-33/h1-25,48-55H. The van der Waals surface area contributed by atoms with E-state index in [1.165, 1.54) is 0 Å². The SMILES string of the molecule is Oc1c(O)c(N(c2ccc(-c3ccc(-c4ccc5ccccc5c4)cc3)cc2)c2c(O)c(O)c(-c3ccccc3)c(O)c2O)c(O)c(O)c1-c1ccccc1. The molecule has 8 aromatic rings. The molecule has 0 aliphatic rings. The van der Waals surface area contributed by atoms with E-state index in [0.717, 1.165) is 37.9 Å². The summed E-state index contributed by atoms with van der Waals surface area (Å²) in [5.41, 5.74) is 2.41. The third-order valence-electron chi connectivity index (χ3n) is 9.74. The third-order valence-corrected chi connectivity index (χ3v) is 9.74. The van der Waals surface area contributed by atoms with Gasteiger partial charge in [0.15, 0.2) is 46.0 Å². The van der Waals surface area contributed by atoms with E-state index >= 15 is 0 Å². The Balaban J connectivity index is 1.26. The number of nitrogens with zero attached hydrogens (tertiary/aromatic N) is 1. The fourth-order valence-corrected chi connectivity index (χ4v) is 6.95. The number of hydrogen-bond donors (Lipinski definition) is 8. The molecule has 0 spiro atoms. The predicted molar refractivity (Wildman–Crippen MR) is 214 cm³/mol. The van der Waals surface area contributed by atoms with Gasteiger partial charge in [-0.1, -0.05) is 133 Å². The highest BCUT2D eigenvalue weighted by atomic mass is 16.3. The molecule has 8 aromatic carbocycles. The van der Waals surface area contributed by atoms with Crippen LogP contribution >= 0.6 is 0 Å². The molecule has 0 aliphatic carbocycles. The Labute approximate surface area is 315 Å². The predicted octanol–water partition coefficient (Wildman–Crippen LogP) is 10.6. The van der Waals surface area contributed by atoms with E-state index in [1.54, 1.807) is 84.9 Å². The first-order valence-corrected chi connectivity index (χ1v) is 17.2. The minimum atomic E-state index is -0.938. The Morgan fingerprint density at radius 1 is 0.273 bits per heavy atom. The molecule has 0 heterocycles. The summed E-state index contributed by atoms with van der Waals surface area (Å²) in [7, 11) is 0. The quantitative estimate of drug-likeness (QED) is 0.0589. The molecular weight excluding hydrogens is 695 g/mol. The van der Waals surface area contributed by atoms with Crippen LogP contribution in [0.4, 0.5) is 17.1 Å². The molecule has 0 fully saturated rings. The maximum Gasteiger partial charge on any atom is 0.186 e. The average molecular weight is 728 g/mol. The zero-order valence-electron chi connectivity index (χ0n) is 29.0. The summed E-state index contributed by atoms with van der Waals surface area (Å²) >= 11 is 0. The van der Waals surface area contributed by atoms with E-state index in [-0.39, 0.29) is 27.9 Å². The summed E-state index contributed by atoms with van der Waals surface area (Å²) in [5.74, 6) is -7.04. The summed E-state index contributed by atoms with van der Waals surface area (Å²) < 4.78 is 0. The van der Waals surface area contributed by atoms with E-state index in [2.05, 4.69) is 30.3 Å². The monoisotopic (exact) mass is 727 g/mol. The van der Waals surface area contributed by atoms with Crippen LogP contribution in [0.15, 0.2) is 152 Å². The molecule has 9 nitrogen and oxygen atoms in total. The zero-order chi connectivity index (χ0) is 38.4. The van der Waals surface area contributed by atoms with Crippen LogP contribution in [-0.4, -0.2) is 40.9 Å². The normalized spacial score (nSPS) is 11.1. The van der Waals surface area contributed by atoms with E-state index in [1.807, 2.05) is 36.4 Å². The van der Waals surface area contributed by atoms with Gasteiger partial charge in [0.1, 0.15) is 11.4 Å². The second-order valence-electron chi connectivity index (χ2n) is 13.0. The van der Waals surface area contributed by atoms with Crippen LogP contribution in [0.25, 0.3) is 55.3 Å². The van der Waals surface area contributed by atoms with Gasteiger partial charge in [-0.3, -0.25) is 4.90 Å². The Morgan fingerprint density at radius 3 is 1.05 bits per heavy atom. The number of phenolic OH excluding ortho intramolecular Hbond substituents is 8. The summed E-state index contributed by atoms with van der Waals surface area (Å²) in [6.07, 6.45) is 0. The summed E-state index contributed by atoms with van der Waals surface area (Å²) in [4.78, 5) is 0.921. The van der Waals surface area contributed by atoms with Gasteiger partial charge in [0.2, 0.25) is 0 Å². The zero-order valence-corrected chi connectivity index (χ0v) is 29.0. The van der Waals surface area contributed by atoms with Crippen molar-refractivity contribution in [3.8, 4) is 90.5 Å². The molecule has 8 rings (SSSR count). The van der Waals surface area contributed by atoms with Crippen molar-refractivity contribution < 1.29 is 40.9 Å². The van der Waals surface area contributed by atoms with Crippen LogP contribution in [0.5, 0.6) is 46.0 Å². The number of fused-ring (bicyclic) bond motifs is 1.